The van der Waals surface area contributed by atoms with Crippen molar-refractivity contribution in [3.63, 3.8) is 0 Å². The van der Waals surface area contributed by atoms with Crippen molar-refractivity contribution in [2.45, 2.75) is 217 Å². The number of likely N-dealkylation sites (tertiary alicyclic amines) is 1. The van der Waals surface area contributed by atoms with Crippen LogP contribution in [0.1, 0.15) is 196 Å². The molecule has 7 N–H and O–H groups in total. The van der Waals surface area contributed by atoms with Gasteiger partial charge in [-0.25, -0.2) is 15.0 Å². The molecule has 0 amide bonds. The first kappa shape index (κ1) is 79.2. The van der Waals surface area contributed by atoms with E-state index in [4.69, 9.17) is 25.0 Å². The Labute approximate surface area is 653 Å². The summed E-state index contributed by atoms with van der Waals surface area (Å²) < 4.78 is 7.04. The molecule has 0 radical (unpaired) electrons. The molecule has 21 nitrogen and oxygen atoms in total. The maximum Gasteiger partial charge on any atom is 0.224 e. The number of aliphatic hydroxyl groups is 4. The summed E-state index contributed by atoms with van der Waals surface area (Å²) in [5.41, 5.74) is 14.3. The lowest BCUT2D eigenvalue weighted by molar-refractivity contribution is 0.111. The molecular weight excluding hydrogens is 1370 g/mol. The molecule has 0 unspecified atom stereocenters. The Bertz CT molecular complexity index is 4290. The first-order chi connectivity index (χ1) is 53.9. The van der Waals surface area contributed by atoms with Gasteiger partial charge in [-0.2, -0.15) is 15.0 Å². The van der Waals surface area contributed by atoms with Crippen LogP contribution < -0.4 is 16.0 Å². The van der Waals surface area contributed by atoms with Gasteiger partial charge in [0.15, 0.2) is 0 Å². The van der Waals surface area contributed by atoms with Crippen molar-refractivity contribution in [2.75, 3.05) is 128 Å². The zero-order valence-corrected chi connectivity index (χ0v) is 66.6. The third-order valence-corrected chi connectivity index (χ3v) is 24.9. The molecule has 7 fully saturated rings. The van der Waals surface area contributed by atoms with Crippen molar-refractivity contribution in [2.24, 2.45) is 11.8 Å². The van der Waals surface area contributed by atoms with Crippen molar-refractivity contribution >= 4 is 50.9 Å². The van der Waals surface area contributed by atoms with Crippen LogP contribution >= 0.6 is 0 Å². The minimum atomic E-state index is -0.186. The summed E-state index contributed by atoms with van der Waals surface area (Å²) >= 11 is 0. The van der Waals surface area contributed by atoms with E-state index in [0.717, 1.165) is 231 Å². The third-order valence-electron chi connectivity index (χ3n) is 24.9. The first-order valence-corrected chi connectivity index (χ1v) is 42.7. The predicted octanol–water partition coefficient (Wildman–Crippen LogP) is 14.9. The lowest BCUT2D eigenvalue weighted by Gasteiger charge is -2.32. The van der Waals surface area contributed by atoms with Gasteiger partial charge >= 0.3 is 0 Å². The van der Waals surface area contributed by atoms with E-state index in [9.17, 15) is 15.3 Å². The van der Waals surface area contributed by atoms with Crippen LogP contribution in [0.2, 0.25) is 0 Å². The molecule has 3 aliphatic heterocycles. The number of aliphatic hydroxyl groups excluding tert-OH is 4. The normalized spacial score (nSPS) is 22.4. The molecule has 4 aliphatic carbocycles. The summed E-state index contributed by atoms with van der Waals surface area (Å²) in [6, 6.07) is 28.4. The lowest BCUT2D eigenvalue weighted by atomic mass is 9.89. The van der Waals surface area contributed by atoms with Crippen molar-refractivity contribution in [3.05, 3.63) is 127 Å². The van der Waals surface area contributed by atoms with Crippen LogP contribution in [0, 0.1) is 11.8 Å². The molecule has 9 aromatic rings. The van der Waals surface area contributed by atoms with Crippen LogP contribution in [0.15, 0.2) is 110 Å². The summed E-state index contributed by atoms with van der Waals surface area (Å²) in [4.78, 5) is 41.4. The van der Waals surface area contributed by atoms with E-state index >= 15 is 0 Å². The van der Waals surface area contributed by atoms with Gasteiger partial charge < -0.3 is 64.8 Å². The van der Waals surface area contributed by atoms with E-state index in [0.29, 0.717) is 30.0 Å². The van der Waals surface area contributed by atoms with Crippen LogP contribution in [-0.2, 0) is 19.5 Å². The van der Waals surface area contributed by atoms with Gasteiger partial charge in [-0.05, 0) is 227 Å². The van der Waals surface area contributed by atoms with Gasteiger partial charge in [-0.1, -0.05) is 106 Å². The number of benzene rings is 3. The number of hydrogen-bond donors (Lipinski definition) is 7. The number of piperidine rings is 1. The maximum atomic E-state index is 10.1. The summed E-state index contributed by atoms with van der Waals surface area (Å²) in [7, 11) is 4.41. The molecule has 6 aromatic heterocycles. The SMILES string of the molecule is CCCCNc1ncc2c(-c3ccc(CN4CCCN(C)CC4)cc3)cn(C3CCC(O)CC3)c2n1.CCCN1CCC(Cc2ccc(-c3cn(C4CCC(O)CC4)c4nc(NCCC5CC5)ncc34)cc2)CC1.CN1CCN(Cc2ccc(-c3cn(C4CCC(O)CC4)c4nc(NCCCCO)ncc34)cc2)CC1. The van der Waals surface area contributed by atoms with Gasteiger partial charge in [0.2, 0.25) is 17.8 Å². The molecule has 0 bridgehead atoms. The minimum Gasteiger partial charge on any atom is -0.396 e. The van der Waals surface area contributed by atoms with Gasteiger partial charge in [0.05, 0.1) is 18.3 Å². The number of rotatable bonds is 27. The van der Waals surface area contributed by atoms with Gasteiger partial charge in [-0.3, -0.25) is 9.80 Å². The summed E-state index contributed by atoms with van der Waals surface area (Å²) in [6.07, 6.45) is 37.4. The van der Waals surface area contributed by atoms with Crippen LogP contribution in [-0.4, -0.2) is 219 Å². The Hall–Kier alpha value is -7.44. The maximum absolute atomic E-state index is 10.1. The number of fused-ring (bicyclic) bond motifs is 3. The highest BCUT2D eigenvalue weighted by Crippen LogP contribution is 2.42. The molecule has 21 heteroatoms. The second-order valence-corrected chi connectivity index (χ2v) is 33.4. The lowest BCUT2D eigenvalue weighted by Crippen LogP contribution is -2.43. The number of hydrogen-bond acceptors (Lipinski definition) is 18. The van der Waals surface area contributed by atoms with Gasteiger partial charge in [0, 0.05) is 167 Å². The summed E-state index contributed by atoms with van der Waals surface area (Å²) in [5.74, 6) is 3.77. The Balaban J connectivity index is 0.000000138. The fourth-order valence-corrected chi connectivity index (χ4v) is 17.7. The van der Waals surface area contributed by atoms with Gasteiger partial charge in [0.1, 0.15) is 16.9 Å². The second kappa shape index (κ2) is 38.9. The fraction of sp³-hybridized carbons (Fsp3) is 0.596. The van der Waals surface area contributed by atoms with E-state index in [-0.39, 0.29) is 24.9 Å². The highest BCUT2D eigenvalue weighted by Gasteiger charge is 2.30. The van der Waals surface area contributed by atoms with Gasteiger partial charge in [-0.15, -0.1) is 0 Å². The van der Waals surface area contributed by atoms with E-state index < -0.39 is 0 Å². The fourth-order valence-electron chi connectivity index (χ4n) is 17.7. The molecule has 16 rings (SSSR count). The number of aromatic nitrogens is 9. The Morgan fingerprint density at radius 3 is 1.20 bits per heavy atom. The second-order valence-electron chi connectivity index (χ2n) is 33.4. The molecule has 4 saturated carbocycles. The minimum absolute atomic E-state index is 0.159. The zero-order valence-electron chi connectivity index (χ0n) is 66.6. The van der Waals surface area contributed by atoms with E-state index in [2.05, 4.69) is 183 Å². The Morgan fingerprint density at radius 2 is 0.791 bits per heavy atom. The van der Waals surface area contributed by atoms with Crippen LogP contribution in [0.4, 0.5) is 17.8 Å². The van der Waals surface area contributed by atoms with Crippen molar-refractivity contribution < 1.29 is 20.4 Å². The van der Waals surface area contributed by atoms with Crippen LogP contribution in [0.3, 0.4) is 0 Å². The van der Waals surface area contributed by atoms with E-state index in [1.54, 1.807) is 0 Å². The van der Waals surface area contributed by atoms with Crippen molar-refractivity contribution in [1.82, 2.24) is 68.1 Å². The Morgan fingerprint density at radius 1 is 0.391 bits per heavy atom. The molecule has 592 valence electrons. The molecular formula is C89H127N17O4. The predicted molar refractivity (Wildman–Crippen MR) is 447 cm³/mol. The molecule has 0 atom stereocenters. The molecule has 9 heterocycles. The molecule has 0 spiro atoms. The van der Waals surface area contributed by atoms with Crippen LogP contribution in [0.5, 0.6) is 0 Å². The Kier molecular flexibility index (Phi) is 28.0. The summed E-state index contributed by atoms with van der Waals surface area (Å²) in [6.45, 7) is 22.2. The molecule has 3 saturated heterocycles. The summed E-state index contributed by atoms with van der Waals surface area (Å²) in [5, 5.41) is 52.7. The monoisotopic (exact) mass is 1500 g/mol. The standard InChI is InChI=1S/C32H45N5O.C29H42N6O.C28H40N6O2/c1-2-17-36-18-14-25(15-19-36)20-24-5-7-26(8-6-24)30-22-37(27-9-11-28(38)12-10-27)31-29(30)21-34-32(35-31)33-16-13-23-3-4-23;1-3-4-14-30-29-31-19-26-27(21-35(28(26)32-29)24-10-12-25(36)13-11-24)23-8-6-22(7-9-23)20-34-16-5-15-33(2)17-18-34;1-32-13-15-33(16-14-32)19-21-4-6-22(7-5-21)26-20-34(23-8-10-24(36)11-9-23)27-25(26)18-30-28(31-27)29-12-2-3-17-35/h5-8,21-23,25,27-28,38H,2-4,9-20H2,1H3,(H,33,34,35);6-9,19,21,24-25,36H,3-5,10-18,20H2,1-2H3,(H,30,31,32);4-7,18,20,23-24,35-36H,2-3,8-17,19H2,1H3,(H,29,30,31). The number of piperazine rings is 1. The number of anilines is 3. The highest BCUT2D eigenvalue weighted by atomic mass is 16.3. The number of likely N-dealkylation sites (N-methyl/N-ethyl adjacent to an activating group) is 2. The molecule has 110 heavy (non-hydrogen) atoms. The van der Waals surface area contributed by atoms with Crippen molar-refractivity contribution in [3.8, 4) is 33.4 Å². The number of unbranched alkanes of at least 4 members (excludes halogenated alkanes) is 2. The zero-order chi connectivity index (χ0) is 75.7. The average Bonchev–Trinajstić information content (AvgIpc) is 1.63. The van der Waals surface area contributed by atoms with Gasteiger partial charge in [0.25, 0.3) is 0 Å². The quantitative estimate of drug-likeness (QED) is 0.0238. The molecule has 3 aromatic carbocycles. The number of nitrogens with one attached hydrogen (secondary N) is 3. The largest absolute Gasteiger partial charge is 0.396 e. The van der Waals surface area contributed by atoms with Crippen molar-refractivity contribution in [1.29, 1.82) is 0 Å². The average molecular weight is 1500 g/mol. The van der Waals surface area contributed by atoms with E-state index in [1.807, 2.05) is 18.6 Å². The number of nitrogens with zero attached hydrogens (tertiary/aromatic N) is 14. The smallest absolute Gasteiger partial charge is 0.224 e. The van der Waals surface area contributed by atoms with Crippen LogP contribution in [0.25, 0.3) is 66.5 Å². The third kappa shape index (κ3) is 21.1. The first-order valence-electron chi connectivity index (χ1n) is 42.7. The van der Waals surface area contributed by atoms with E-state index in [1.165, 1.54) is 129 Å². The molecule has 7 aliphatic rings. The topological polar surface area (TPSA) is 225 Å². The highest BCUT2D eigenvalue weighted by molar-refractivity contribution is 5.96.